The molecular weight excluding hydrogens is 334 g/mol. The number of anilines is 1. The van der Waals surface area contributed by atoms with E-state index in [1.165, 1.54) is 0 Å². The van der Waals surface area contributed by atoms with Gasteiger partial charge in [-0.1, -0.05) is 11.8 Å². The fourth-order valence-electron chi connectivity index (χ4n) is 3.21. The summed E-state index contributed by atoms with van der Waals surface area (Å²) in [5, 5.41) is 8.86. The maximum absolute atomic E-state index is 12.5. The lowest BCUT2D eigenvalue weighted by molar-refractivity contribution is 0.0792. The van der Waals surface area contributed by atoms with Crippen molar-refractivity contribution < 1.29 is 4.79 Å². The minimum absolute atomic E-state index is 0.130. The summed E-state index contributed by atoms with van der Waals surface area (Å²) in [5.74, 6) is 6.48. The Kier molecular flexibility index (Phi) is 5.79. The van der Waals surface area contributed by atoms with E-state index < -0.39 is 0 Å². The van der Waals surface area contributed by atoms with Crippen LogP contribution in [0.3, 0.4) is 0 Å². The van der Waals surface area contributed by atoms with Gasteiger partial charge >= 0.3 is 0 Å². The van der Waals surface area contributed by atoms with E-state index in [0.29, 0.717) is 12.1 Å². The summed E-state index contributed by atoms with van der Waals surface area (Å²) in [6.07, 6.45) is 2.20. The zero-order valence-corrected chi connectivity index (χ0v) is 15.8. The predicted molar refractivity (Wildman–Crippen MR) is 108 cm³/mol. The van der Waals surface area contributed by atoms with Crippen molar-refractivity contribution in [2.75, 3.05) is 31.6 Å². The number of likely N-dealkylation sites (tertiary alicyclic amines) is 1. The van der Waals surface area contributed by atoms with Crippen LogP contribution in [0.15, 0.2) is 42.5 Å². The molecule has 1 saturated heterocycles. The maximum Gasteiger partial charge on any atom is 0.254 e. The van der Waals surface area contributed by atoms with Gasteiger partial charge in [0, 0.05) is 37.0 Å². The van der Waals surface area contributed by atoms with Crippen LogP contribution in [0, 0.1) is 30.1 Å². The van der Waals surface area contributed by atoms with Gasteiger partial charge < -0.3 is 9.80 Å². The highest BCUT2D eigenvalue weighted by molar-refractivity contribution is 5.96. The number of aryl methyl sites for hydroxylation is 1. The van der Waals surface area contributed by atoms with Gasteiger partial charge in [-0.05, 0) is 67.8 Å². The minimum Gasteiger partial charge on any atom is -0.363 e. The van der Waals surface area contributed by atoms with Gasteiger partial charge in [-0.25, -0.2) is 0 Å². The average Bonchev–Trinajstić information content (AvgIpc) is 3.22. The van der Waals surface area contributed by atoms with Gasteiger partial charge in [0.15, 0.2) is 0 Å². The molecule has 0 unspecified atom stereocenters. The molecule has 0 bridgehead atoms. The van der Waals surface area contributed by atoms with E-state index in [1.807, 2.05) is 54.1 Å². The zero-order valence-electron chi connectivity index (χ0n) is 15.8. The van der Waals surface area contributed by atoms with Crippen LogP contribution in [0.4, 0.5) is 5.69 Å². The smallest absolute Gasteiger partial charge is 0.254 e. The molecule has 3 rings (SSSR count). The first kappa shape index (κ1) is 18.5. The second kappa shape index (κ2) is 8.43. The molecule has 1 amide bonds. The minimum atomic E-state index is 0.130. The fraction of sp³-hybridized carbons (Fsp3) is 0.304. The molecule has 1 aliphatic rings. The monoisotopic (exact) mass is 357 g/mol. The molecule has 4 nitrogen and oxygen atoms in total. The summed E-state index contributed by atoms with van der Waals surface area (Å²) in [6, 6.07) is 15.4. The van der Waals surface area contributed by atoms with Crippen molar-refractivity contribution in [3.63, 3.8) is 0 Å². The molecule has 2 aromatic carbocycles. The van der Waals surface area contributed by atoms with Crippen molar-refractivity contribution in [3.8, 4) is 17.9 Å². The zero-order chi connectivity index (χ0) is 19.2. The number of nitrogens with zero attached hydrogens (tertiary/aromatic N) is 3. The lowest BCUT2D eigenvalue weighted by Crippen LogP contribution is -2.28. The van der Waals surface area contributed by atoms with Gasteiger partial charge in [-0.3, -0.25) is 4.79 Å². The highest BCUT2D eigenvalue weighted by Gasteiger charge is 2.20. The van der Waals surface area contributed by atoms with Crippen LogP contribution < -0.4 is 4.90 Å². The summed E-state index contributed by atoms with van der Waals surface area (Å²) in [5.41, 5.74) is 4.33. The molecule has 1 heterocycles. The van der Waals surface area contributed by atoms with Crippen molar-refractivity contribution in [1.29, 1.82) is 5.26 Å². The van der Waals surface area contributed by atoms with E-state index in [1.54, 1.807) is 12.1 Å². The van der Waals surface area contributed by atoms with Crippen LogP contribution in [0.25, 0.3) is 0 Å². The first-order chi connectivity index (χ1) is 13.1. The topological polar surface area (TPSA) is 47.3 Å². The number of rotatable bonds is 3. The largest absolute Gasteiger partial charge is 0.363 e. The van der Waals surface area contributed by atoms with Crippen LogP contribution >= 0.6 is 0 Å². The third-order valence-corrected chi connectivity index (χ3v) is 4.84. The molecular formula is C23H23N3O. The Bertz CT molecular complexity index is 923. The van der Waals surface area contributed by atoms with Crippen molar-refractivity contribution in [1.82, 2.24) is 4.90 Å². The highest BCUT2D eigenvalue weighted by atomic mass is 16.2. The van der Waals surface area contributed by atoms with E-state index in [4.69, 9.17) is 5.26 Å². The number of carbonyl (C=O) groups is 1. The Morgan fingerprint density at radius 1 is 1.11 bits per heavy atom. The summed E-state index contributed by atoms with van der Waals surface area (Å²) in [6.45, 7) is 4.28. The summed E-state index contributed by atoms with van der Waals surface area (Å²) in [7, 11) is 1.97. The predicted octanol–water partition coefficient (Wildman–Crippen LogP) is 3.59. The Hall–Kier alpha value is -3.24. The van der Waals surface area contributed by atoms with Gasteiger partial charge in [-0.2, -0.15) is 5.26 Å². The first-order valence-electron chi connectivity index (χ1n) is 9.18. The van der Waals surface area contributed by atoms with E-state index in [0.717, 1.165) is 48.3 Å². The van der Waals surface area contributed by atoms with Crippen molar-refractivity contribution in [2.24, 2.45) is 0 Å². The molecule has 4 heteroatoms. The van der Waals surface area contributed by atoms with E-state index >= 15 is 0 Å². The molecule has 0 spiro atoms. The normalized spacial score (nSPS) is 12.9. The molecule has 0 N–H and O–H groups in total. The Morgan fingerprint density at radius 2 is 1.78 bits per heavy atom. The number of benzene rings is 2. The molecule has 1 fully saturated rings. The molecule has 1 aliphatic heterocycles. The summed E-state index contributed by atoms with van der Waals surface area (Å²) < 4.78 is 0. The lowest BCUT2D eigenvalue weighted by Gasteiger charge is -2.17. The van der Waals surface area contributed by atoms with Crippen LogP contribution in [0.5, 0.6) is 0 Å². The lowest BCUT2D eigenvalue weighted by atomic mass is 10.0. The SMILES string of the molecule is Cc1cc(C#CCN(C)c2ccc(C#N)cc2)ccc1C(=O)N1CCCC1. The van der Waals surface area contributed by atoms with Crippen molar-refractivity contribution in [3.05, 3.63) is 64.7 Å². The van der Waals surface area contributed by atoms with E-state index in [-0.39, 0.29) is 5.91 Å². The maximum atomic E-state index is 12.5. The average molecular weight is 357 g/mol. The van der Waals surface area contributed by atoms with Gasteiger partial charge in [-0.15, -0.1) is 0 Å². The van der Waals surface area contributed by atoms with Crippen LogP contribution in [0.1, 0.15) is 39.9 Å². The molecule has 0 aliphatic carbocycles. The van der Waals surface area contributed by atoms with Crippen LogP contribution in [0.2, 0.25) is 0 Å². The van der Waals surface area contributed by atoms with Crippen LogP contribution in [-0.4, -0.2) is 37.5 Å². The number of amides is 1. The van der Waals surface area contributed by atoms with Gasteiger partial charge in [0.05, 0.1) is 18.2 Å². The molecule has 27 heavy (non-hydrogen) atoms. The number of hydrogen-bond donors (Lipinski definition) is 0. The van der Waals surface area contributed by atoms with Crippen LogP contribution in [-0.2, 0) is 0 Å². The number of nitriles is 1. The van der Waals surface area contributed by atoms with Gasteiger partial charge in [0.2, 0.25) is 0 Å². The molecule has 0 aromatic heterocycles. The van der Waals surface area contributed by atoms with E-state index in [2.05, 4.69) is 17.9 Å². The Balaban J connectivity index is 1.65. The summed E-state index contributed by atoms with van der Waals surface area (Å²) >= 11 is 0. The van der Waals surface area contributed by atoms with E-state index in [9.17, 15) is 4.79 Å². The Morgan fingerprint density at radius 3 is 2.41 bits per heavy atom. The number of hydrogen-bond acceptors (Lipinski definition) is 3. The third-order valence-electron chi connectivity index (χ3n) is 4.84. The molecule has 2 aromatic rings. The molecule has 0 atom stereocenters. The highest BCUT2D eigenvalue weighted by Crippen LogP contribution is 2.17. The van der Waals surface area contributed by atoms with Gasteiger partial charge in [0.1, 0.15) is 0 Å². The molecule has 0 radical (unpaired) electrons. The Labute approximate surface area is 161 Å². The molecule has 136 valence electrons. The summed E-state index contributed by atoms with van der Waals surface area (Å²) in [4.78, 5) is 16.5. The quantitative estimate of drug-likeness (QED) is 0.789. The third kappa shape index (κ3) is 4.49. The second-order valence-electron chi connectivity index (χ2n) is 6.85. The van der Waals surface area contributed by atoms with Crippen molar-refractivity contribution >= 4 is 11.6 Å². The standard InChI is InChI=1S/C23H23N3O/c1-18-16-19(9-12-22(18)23(27)26-14-3-4-15-26)6-5-13-25(2)21-10-7-20(17-24)8-11-21/h7-12,16H,3-4,13-15H2,1-2H3. The van der Waals surface area contributed by atoms with Crippen molar-refractivity contribution in [2.45, 2.75) is 19.8 Å². The molecule has 0 saturated carbocycles. The number of carbonyl (C=O) groups excluding carboxylic acids is 1. The van der Waals surface area contributed by atoms with Gasteiger partial charge in [0.25, 0.3) is 5.91 Å². The first-order valence-corrected chi connectivity index (χ1v) is 9.18. The second-order valence-corrected chi connectivity index (χ2v) is 6.85. The fourth-order valence-corrected chi connectivity index (χ4v) is 3.21.